The lowest BCUT2D eigenvalue weighted by atomic mass is 10.1. The van der Waals surface area contributed by atoms with Gasteiger partial charge in [-0.1, -0.05) is 12.1 Å². The van der Waals surface area contributed by atoms with Gasteiger partial charge >= 0.3 is 0 Å². The summed E-state index contributed by atoms with van der Waals surface area (Å²) in [5.74, 6) is 1.47. The van der Waals surface area contributed by atoms with Crippen LogP contribution in [0.4, 0.5) is 0 Å². The minimum Gasteiger partial charge on any atom is -0.0851 e. The van der Waals surface area contributed by atoms with Gasteiger partial charge in [-0.05, 0) is 31.1 Å². The van der Waals surface area contributed by atoms with Crippen molar-refractivity contribution in [1.29, 1.82) is 0 Å². The van der Waals surface area contributed by atoms with Crippen molar-refractivity contribution in [1.82, 2.24) is 0 Å². The summed E-state index contributed by atoms with van der Waals surface area (Å²) in [5.41, 5.74) is 0. The molecule has 0 heterocycles. The molecule has 38 valence electrons. The Morgan fingerprint density at radius 2 is 2.29 bits per heavy atom. The predicted molar refractivity (Wildman–Crippen MR) is 30.0 cm³/mol. The van der Waals surface area contributed by atoms with Crippen LogP contribution in [0.15, 0.2) is 12.1 Å². The Morgan fingerprint density at radius 3 is 2.57 bits per heavy atom. The molecule has 0 aromatic rings. The van der Waals surface area contributed by atoms with E-state index >= 15 is 0 Å². The maximum absolute atomic E-state index is 7.38. The van der Waals surface area contributed by atoms with Gasteiger partial charge in [-0.3, -0.25) is 0 Å². The highest BCUT2D eigenvalue weighted by Crippen LogP contribution is 2.38. The lowest BCUT2D eigenvalue weighted by Gasteiger charge is -1.96. The number of rotatable bonds is 0. The second-order valence-electron chi connectivity index (χ2n) is 2.60. The average Bonchev–Trinajstić information content (AvgIpc) is 2.23. The third-order valence-corrected chi connectivity index (χ3v) is 2.04. The lowest BCUT2D eigenvalue weighted by Crippen LogP contribution is -1.82. The van der Waals surface area contributed by atoms with Crippen molar-refractivity contribution in [2.75, 3.05) is 0 Å². The molecule has 2 atom stereocenters. The molecule has 2 aliphatic carbocycles. The fourth-order valence-electron chi connectivity index (χ4n) is 1.59. The second kappa shape index (κ2) is 1.12. The van der Waals surface area contributed by atoms with Gasteiger partial charge in [0.15, 0.2) is 0 Å². The standard InChI is InChI=1S/C7H10/c1-2-7-4-3-6(1)5-7/h1-2,6-7H,3-5H2/i1T. The Labute approximate surface area is 45.6 Å². The molecule has 0 aromatic heterocycles. The summed E-state index contributed by atoms with van der Waals surface area (Å²) < 4.78 is 7.38. The molecule has 7 heavy (non-hydrogen) atoms. The van der Waals surface area contributed by atoms with Crippen molar-refractivity contribution in [3.05, 3.63) is 12.1 Å². The highest BCUT2D eigenvalue weighted by Gasteiger charge is 2.25. The van der Waals surface area contributed by atoms with Crippen LogP contribution in [0.3, 0.4) is 0 Å². The first-order valence-corrected chi connectivity index (χ1v) is 3.04. The second-order valence-corrected chi connectivity index (χ2v) is 2.60. The zero-order valence-electron chi connectivity index (χ0n) is 5.35. The zero-order valence-corrected chi connectivity index (χ0v) is 4.35. The largest absolute Gasteiger partial charge is 0.0851 e. The first-order valence-electron chi connectivity index (χ1n) is 3.54. The first-order chi connectivity index (χ1) is 3.86. The quantitative estimate of drug-likeness (QED) is 0.404. The number of hydrogen-bond donors (Lipinski definition) is 0. The van der Waals surface area contributed by atoms with E-state index < -0.39 is 0 Å². The van der Waals surface area contributed by atoms with Crippen LogP contribution in [0.5, 0.6) is 0 Å². The Bertz CT molecular complexity index is 137. The SMILES string of the molecule is [3H]C1=CC2CCC1C2. The van der Waals surface area contributed by atoms with Crippen LogP contribution in [0.2, 0.25) is 0 Å². The van der Waals surface area contributed by atoms with Gasteiger partial charge in [-0.2, -0.15) is 0 Å². The third kappa shape index (κ3) is 0.425. The fourth-order valence-corrected chi connectivity index (χ4v) is 1.59. The van der Waals surface area contributed by atoms with Crippen molar-refractivity contribution in [2.24, 2.45) is 11.8 Å². The van der Waals surface area contributed by atoms with E-state index in [9.17, 15) is 0 Å². The molecule has 2 bridgehead atoms. The molecule has 1 saturated carbocycles. The van der Waals surface area contributed by atoms with E-state index in [2.05, 4.69) is 6.08 Å². The van der Waals surface area contributed by atoms with Crippen molar-refractivity contribution >= 4 is 0 Å². The van der Waals surface area contributed by atoms with Crippen molar-refractivity contribution in [3.8, 4) is 0 Å². The summed E-state index contributed by atoms with van der Waals surface area (Å²) in [4.78, 5) is 0. The van der Waals surface area contributed by atoms with Gasteiger partial charge in [-0.15, -0.1) is 0 Å². The minimum atomic E-state index is 0.667. The summed E-state index contributed by atoms with van der Waals surface area (Å²) in [6.45, 7) is 0. The molecule has 2 aliphatic rings. The summed E-state index contributed by atoms with van der Waals surface area (Å²) >= 11 is 0. The molecule has 0 spiro atoms. The van der Waals surface area contributed by atoms with Gasteiger partial charge in [0.25, 0.3) is 0 Å². The first kappa shape index (κ1) is 2.91. The van der Waals surface area contributed by atoms with E-state index in [-0.39, 0.29) is 0 Å². The highest BCUT2D eigenvalue weighted by molar-refractivity contribution is 5.06. The summed E-state index contributed by atoms with van der Waals surface area (Å²) in [7, 11) is 0. The van der Waals surface area contributed by atoms with E-state index in [1.165, 1.54) is 19.3 Å². The van der Waals surface area contributed by atoms with Crippen LogP contribution in [-0.4, -0.2) is 0 Å². The smallest absolute Gasteiger partial charge is 0.0576 e. The van der Waals surface area contributed by atoms with Gasteiger partial charge in [-0.25, -0.2) is 0 Å². The molecule has 0 saturated heterocycles. The number of hydrogen-bond acceptors (Lipinski definition) is 0. The third-order valence-electron chi connectivity index (χ3n) is 2.04. The van der Waals surface area contributed by atoms with Crippen LogP contribution < -0.4 is 0 Å². The molecule has 2 unspecified atom stereocenters. The molecular formula is C7H10. The van der Waals surface area contributed by atoms with E-state index in [4.69, 9.17) is 1.37 Å². The van der Waals surface area contributed by atoms with Crippen LogP contribution in [0.25, 0.3) is 0 Å². The number of allylic oxidation sites excluding steroid dienone is 2. The molecule has 0 N–H and O–H groups in total. The predicted octanol–water partition coefficient (Wildman–Crippen LogP) is 1.97. The zero-order chi connectivity index (χ0) is 5.56. The maximum Gasteiger partial charge on any atom is 0.0576 e. The van der Waals surface area contributed by atoms with Crippen LogP contribution >= 0.6 is 0 Å². The number of fused-ring (bicyclic) bond motifs is 2. The molecule has 2 rings (SSSR count). The normalized spacial score (nSPS) is 49.1. The fraction of sp³-hybridized carbons (Fsp3) is 0.714. The molecule has 0 radical (unpaired) electrons. The van der Waals surface area contributed by atoms with Crippen LogP contribution in [0.1, 0.15) is 20.6 Å². The van der Waals surface area contributed by atoms with Gasteiger partial charge in [0.2, 0.25) is 0 Å². The molecule has 0 amide bonds. The Morgan fingerprint density at radius 1 is 1.43 bits per heavy atom. The van der Waals surface area contributed by atoms with E-state index in [1.54, 1.807) is 0 Å². The van der Waals surface area contributed by atoms with E-state index in [0.29, 0.717) is 5.92 Å². The lowest BCUT2D eigenvalue weighted by molar-refractivity contribution is 0.691. The van der Waals surface area contributed by atoms with E-state index in [1.807, 2.05) is 0 Å². The van der Waals surface area contributed by atoms with Crippen molar-refractivity contribution < 1.29 is 1.37 Å². The van der Waals surface area contributed by atoms with Crippen LogP contribution in [0, 0.1) is 11.8 Å². The minimum absolute atomic E-state index is 0.667. The summed E-state index contributed by atoms with van der Waals surface area (Å²) in [6.07, 6.45) is 6.07. The molecule has 1 fully saturated rings. The summed E-state index contributed by atoms with van der Waals surface area (Å²) in [5, 5.41) is 0. The molecule has 0 nitrogen and oxygen atoms in total. The monoisotopic (exact) mass is 96.1 g/mol. The van der Waals surface area contributed by atoms with Gasteiger partial charge in [0, 0.05) is 0 Å². The van der Waals surface area contributed by atoms with Gasteiger partial charge in [0.1, 0.15) is 0 Å². The van der Waals surface area contributed by atoms with Gasteiger partial charge < -0.3 is 0 Å². The van der Waals surface area contributed by atoms with Crippen molar-refractivity contribution in [3.63, 3.8) is 0 Å². The topological polar surface area (TPSA) is 0 Å². The van der Waals surface area contributed by atoms with Gasteiger partial charge in [0.05, 0.1) is 1.37 Å². The Hall–Kier alpha value is -0.260. The molecule has 0 aliphatic heterocycles. The Kier molecular flexibility index (Phi) is 0.464. The molecular weight excluding hydrogens is 84.1 g/mol. The molecule has 0 aromatic carbocycles. The molecule has 0 heteroatoms. The van der Waals surface area contributed by atoms with E-state index in [0.717, 1.165) is 12.0 Å². The van der Waals surface area contributed by atoms with Crippen LogP contribution in [-0.2, 0) is 0 Å². The summed E-state index contributed by atoms with van der Waals surface area (Å²) in [6, 6.07) is 0.918. The maximum atomic E-state index is 7.38. The Balaban J connectivity index is 2.29. The average molecular weight is 96.2 g/mol. The van der Waals surface area contributed by atoms with Crippen molar-refractivity contribution in [2.45, 2.75) is 19.3 Å². The highest BCUT2D eigenvalue weighted by atomic mass is 14.3.